The maximum Gasteiger partial charge on any atom is 0.192 e. The van der Waals surface area contributed by atoms with Crippen LogP contribution in [0.5, 0.6) is 0 Å². The highest BCUT2D eigenvalue weighted by Crippen LogP contribution is 2.37. The summed E-state index contributed by atoms with van der Waals surface area (Å²) in [6.45, 7) is 8.68. The molecule has 3 aromatic heterocycles. The molecule has 0 fully saturated rings. The van der Waals surface area contributed by atoms with Crippen LogP contribution in [0.4, 0.5) is 0 Å². The number of pyridine rings is 1. The van der Waals surface area contributed by atoms with Gasteiger partial charge in [0.25, 0.3) is 0 Å². The van der Waals surface area contributed by atoms with Crippen molar-refractivity contribution in [1.29, 1.82) is 0 Å². The van der Waals surface area contributed by atoms with Crippen LogP contribution in [0.15, 0.2) is 71.2 Å². The van der Waals surface area contributed by atoms with E-state index in [0.29, 0.717) is 0 Å². The topological polar surface area (TPSA) is 43.6 Å². The van der Waals surface area contributed by atoms with Crippen LogP contribution in [-0.4, -0.2) is 19.7 Å². The Labute approximate surface area is 202 Å². The largest absolute Gasteiger partial charge is 0.299 e. The first-order valence-electron chi connectivity index (χ1n) is 11.1. The van der Waals surface area contributed by atoms with Crippen molar-refractivity contribution in [2.45, 2.75) is 44.6 Å². The summed E-state index contributed by atoms with van der Waals surface area (Å²) >= 11 is 3.44. The van der Waals surface area contributed by atoms with Crippen molar-refractivity contribution in [2.75, 3.05) is 0 Å². The van der Waals surface area contributed by atoms with Crippen LogP contribution in [0.2, 0.25) is 0 Å². The Balaban J connectivity index is 1.66. The molecule has 0 N–H and O–H groups in total. The van der Waals surface area contributed by atoms with Crippen molar-refractivity contribution < 1.29 is 0 Å². The van der Waals surface area contributed by atoms with Crippen LogP contribution in [0, 0.1) is 13.8 Å². The van der Waals surface area contributed by atoms with Crippen molar-refractivity contribution in [3.63, 3.8) is 0 Å². The summed E-state index contributed by atoms with van der Waals surface area (Å²) in [5.41, 5.74) is 6.84. The highest BCUT2D eigenvalue weighted by Gasteiger charge is 2.21. The van der Waals surface area contributed by atoms with Gasteiger partial charge in [-0.25, -0.2) is 4.98 Å². The molecule has 0 unspecified atom stereocenters. The minimum Gasteiger partial charge on any atom is -0.299 e. The summed E-state index contributed by atoms with van der Waals surface area (Å²) < 4.78 is 2.26. The van der Waals surface area contributed by atoms with E-state index < -0.39 is 0 Å². The minimum absolute atomic E-state index is 0.230. The Kier molecular flexibility index (Phi) is 6.04. The van der Waals surface area contributed by atoms with E-state index >= 15 is 0 Å². The maximum absolute atomic E-state index is 5.01. The standard InChI is InChI=1S/C27H26N4S2/c1-17(2)31-26(29-30-27(31)33-16-20-9-6-5-7-10-20)22-15-24(25-11-8-12-32-25)28-23-14-19(4)18(3)13-21(22)23/h5-15,17H,16H2,1-4H3. The zero-order valence-corrected chi connectivity index (χ0v) is 20.9. The van der Waals surface area contributed by atoms with E-state index in [4.69, 9.17) is 10.1 Å². The molecule has 4 nitrogen and oxygen atoms in total. The molecule has 0 aliphatic carbocycles. The molecule has 3 heterocycles. The Bertz CT molecular complexity index is 1400. The van der Waals surface area contributed by atoms with Crippen molar-refractivity contribution in [2.24, 2.45) is 0 Å². The summed E-state index contributed by atoms with van der Waals surface area (Å²) in [7, 11) is 0. The highest BCUT2D eigenvalue weighted by molar-refractivity contribution is 7.98. The average molecular weight is 471 g/mol. The SMILES string of the molecule is Cc1cc2nc(-c3cccs3)cc(-c3nnc(SCc4ccccc4)n3C(C)C)c2cc1C. The third-order valence-corrected chi connectivity index (χ3v) is 7.74. The molecule has 0 saturated heterocycles. The molecule has 0 bridgehead atoms. The summed E-state index contributed by atoms with van der Waals surface area (Å²) in [6.07, 6.45) is 0. The molecule has 0 saturated carbocycles. The lowest BCUT2D eigenvalue weighted by Crippen LogP contribution is -2.06. The van der Waals surface area contributed by atoms with Crippen LogP contribution in [0.3, 0.4) is 0 Å². The molecule has 5 aromatic rings. The fraction of sp³-hybridized carbons (Fsp3) is 0.222. The number of aromatic nitrogens is 4. The highest BCUT2D eigenvalue weighted by atomic mass is 32.2. The molecule has 0 aliphatic heterocycles. The van der Waals surface area contributed by atoms with Gasteiger partial charge in [-0.2, -0.15) is 0 Å². The van der Waals surface area contributed by atoms with Gasteiger partial charge in [-0.15, -0.1) is 21.5 Å². The van der Waals surface area contributed by atoms with E-state index in [1.54, 1.807) is 23.1 Å². The molecular weight excluding hydrogens is 444 g/mol. The number of thioether (sulfide) groups is 1. The number of fused-ring (bicyclic) bond motifs is 1. The Morgan fingerprint density at radius 2 is 1.73 bits per heavy atom. The molecule has 2 aromatic carbocycles. The number of hydrogen-bond acceptors (Lipinski definition) is 5. The van der Waals surface area contributed by atoms with Gasteiger partial charge in [-0.3, -0.25) is 4.57 Å². The fourth-order valence-electron chi connectivity index (χ4n) is 3.97. The molecule has 33 heavy (non-hydrogen) atoms. The van der Waals surface area contributed by atoms with E-state index in [1.807, 2.05) is 6.07 Å². The molecule has 0 atom stereocenters. The van der Waals surface area contributed by atoms with Crippen molar-refractivity contribution in [1.82, 2.24) is 19.7 Å². The Morgan fingerprint density at radius 1 is 0.939 bits per heavy atom. The van der Waals surface area contributed by atoms with Crippen LogP contribution in [0.25, 0.3) is 32.9 Å². The number of aryl methyl sites for hydroxylation is 2. The molecule has 6 heteroatoms. The lowest BCUT2D eigenvalue weighted by Gasteiger charge is -2.16. The second-order valence-corrected chi connectivity index (χ2v) is 10.4. The third-order valence-electron chi connectivity index (χ3n) is 5.83. The Morgan fingerprint density at radius 3 is 2.45 bits per heavy atom. The van der Waals surface area contributed by atoms with E-state index in [0.717, 1.165) is 43.8 Å². The lowest BCUT2D eigenvalue weighted by molar-refractivity contribution is 0.555. The van der Waals surface area contributed by atoms with Gasteiger partial charge in [0.1, 0.15) is 0 Å². The van der Waals surface area contributed by atoms with Gasteiger partial charge < -0.3 is 0 Å². The quantitative estimate of drug-likeness (QED) is 0.238. The number of thiophene rings is 1. The second kappa shape index (κ2) is 9.12. The molecule has 0 aliphatic rings. The monoisotopic (exact) mass is 470 g/mol. The normalized spacial score (nSPS) is 11.5. The van der Waals surface area contributed by atoms with Gasteiger partial charge in [-0.1, -0.05) is 48.2 Å². The molecule has 166 valence electrons. The van der Waals surface area contributed by atoms with Gasteiger partial charge >= 0.3 is 0 Å². The fourth-order valence-corrected chi connectivity index (χ4v) is 5.68. The predicted molar refractivity (Wildman–Crippen MR) is 140 cm³/mol. The number of hydrogen-bond donors (Lipinski definition) is 0. The van der Waals surface area contributed by atoms with Crippen LogP contribution >= 0.6 is 23.1 Å². The van der Waals surface area contributed by atoms with Crippen molar-refractivity contribution in [3.8, 4) is 22.0 Å². The summed E-state index contributed by atoms with van der Waals surface area (Å²) in [5, 5.41) is 13.5. The summed E-state index contributed by atoms with van der Waals surface area (Å²) in [4.78, 5) is 6.17. The van der Waals surface area contributed by atoms with Crippen molar-refractivity contribution >= 4 is 34.0 Å². The molecule has 0 spiro atoms. The number of rotatable bonds is 6. The minimum atomic E-state index is 0.230. The Hall–Kier alpha value is -2.96. The van der Waals surface area contributed by atoms with Gasteiger partial charge in [0.2, 0.25) is 0 Å². The molecule has 5 rings (SSSR count). The van der Waals surface area contributed by atoms with E-state index in [-0.39, 0.29) is 6.04 Å². The summed E-state index contributed by atoms with van der Waals surface area (Å²) in [6, 6.07) is 21.5. The summed E-state index contributed by atoms with van der Waals surface area (Å²) in [5.74, 6) is 1.76. The first kappa shape index (κ1) is 21.9. The third kappa shape index (κ3) is 4.33. The second-order valence-electron chi connectivity index (χ2n) is 8.53. The zero-order chi connectivity index (χ0) is 22.9. The lowest BCUT2D eigenvalue weighted by atomic mass is 10.0. The van der Waals surface area contributed by atoms with Crippen molar-refractivity contribution in [3.05, 3.63) is 82.7 Å². The van der Waals surface area contributed by atoms with Gasteiger partial charge in [0.15, 0.2) is 11.0 Å². The van der Waals surface area contributed by atoms with Crippen LogP contribution < -0.4 is 0 Å². The predicted octanol–water partition coefficient (Wildman–Crippen LogP) is 7.71. The van der Waals surface area contributed by atoms with Gasteiger partial charge in [0.05, 0.1) is 16.1 Å². The number of benzene rings is 2. The van der Waals surface area contributed by atoms with Crippen LogP contribution in [0.1, 0.15) is 36.6 Å². The average Bonchev–Trinajstić information content (AvgIpc) is 3.49. The first-order chi connectivity index (χ1) is 16.0. The molecular formula is C27H26N4S2. The molecule has 0 radical (unpaired) electrons. The van der Waals surface area contributed by atoms with E-state index in [1.165, 1.54) is 16.7 Å². The number of nitrogens with zero attached hydrogens (tertiary/aromatic N) is 4. The molecule has 0 amide bonds. The maximum atomic E-state index is 5.01. The smallest absolute Gasteiger partial charge is 0.192 e. The van der Waals surface area contributed by atoms with Gasteiger partial charge in [-0.05, 0) is 74.0 Å². The van der Waals surface area contributed by atoms with Gasteiger partial charge in [0, 0.05) is 22.7 Å². The first-order valence-corrected chi connectivity index (χ1v) is 13.0. The zero-order valence-electron chi connectivity index (χ0n) is 19.2. The van der Waals surface area contributed by atoms with E-state index in [9.17, 15) is 0 Å². The van der Waals surface area contributed by atoms with E-state index in [2.05, 4.69) is 97.3 Å². The van der Waals surface area contributed by atoms with Crippen LogP contribution in [-0.2, 0) is 5.75 Å².